The highest BCUT2D eigenvalue weighted by atomic mass is 32.1. The highest BCUT2D eigenvalue weighted by Crippen LogP contribution is 2.17. The summed E-state index contributed by atoms with van der Waals surface area (Å²) in [6, 6.07) is 7.68. The van der Waals surface area contributed by atoms with Gasteiger partial charge >= 0.3 is 0 Å². The van der Waals surface area contributed by atoms with Crippen molar-refractivity contribution in [1.82, 2.24) is 5.32 Å². The summed E-state index contributed by atoms with van der Waals surface area (Å²) >= 11 is 3.09. The van der Waals surface area contributed by atoms with E-state index in [1.165, 1.54) is 11.3 Å². The Balaban J connectivity index is 1.73. The Morgan fingerprint density at radius 3 is 2.68 bits per heavy atom. The molecular formula is C14H15NO2S2. The van der Waals surface area contributed by atoms with Gasteiger partial charge in [-0.05, 0) is 30.5 Å². The smallest absolute Gasteiger partial charge is 0.220 e. The van der Waals surface area contributed by atoms with Crippen LogP contribution in [0, 0.1) is 6.92 Å². The van der Waals surface area contributed by atoms with Crippen molar-refractivity contribution in [3.8, 4) is 0 Å². The molecule has 0 atom stereocenters. The van der Waals surface area contributed by atoms with Crippen LogP contribution in [0.3, 0.4) is 0 Å². The molecule has 2 aromatic rings. The average molecular weight is 293 g/mol. The predicted octanol–water partition coefficient (Wildman–Crippen LogP) is 3.40. The Labute approximate surface area is 120 Å². The van der Waals surface area contributed by atoms with Crippen LogP contribution in [0.25, 0.3) is 0 Å². The summed E-state index contributed by atoms with van der Waals surface area (Å²) in [6.45, 7) is 2.51. The van der Waals surface area contributed by atoms with E-state index < -0.39 is 0 Å². The molecule has 100 valence electrons. The second-order valence-electron chi connectivity index (χ2n) is 4.19. The number of thiophene rings is 2. The Morgan fingerprint density at radius 1 is 1.21 bits per heavy atom. The third-order valence-corrected chi connectivity index (χ3v) is 4.55. The SMILES string of the molecule is Cc1ccc(C(=O)CCC(=O)NCc2cccs2)s1. The molecule has 0 spiro atoms. The van der Waals surface area contributed by atoms with Gasteiger partial charge in [-0.15, -0.1) is 22.7 Å². The van der Waals surface area contributed by atoms with E-state index in [9.17, 15) is 9.59 Å². The van der Waals surface area contributed by atoms with E-state index in [2.05, 4.69) is 5.32 Å². The highest BCUT2D eigenvalue weighted by molar-refractivity contribution is 7.14. The van der Waals surface area contributed by atoms with E-state index in [0.717, 1.165) is 14.6 Å². The van der Waals surface area contributed by atoms with Crippen molar-refractivity contribution < 1.29 is 9.59 Å². The van der Waals surface area contributed by atoms with Gasteiger partial charge in [-0.2, -0.15) is 0 Å². The van der Waals surface area contributed by atoms with E-state index in [0.29, 0.717) is 6.54 Å². The van der Waals surface area contributed by atoms with Crippen molar-refractivity contribution >= 4 is 34.4 Å². The maximum absolute atomic E-state index is 11.8. The van der Waals surface area contributed by atoms with Gasteiger partial charge in [-0.25, -0.2) is 0 Å². The van der Waals surface area contributed by atoms with Crippen LogP contribution in [0.1, 0.15) is 32.3 Å². The molecule has 3 nitrogen and oxygen atoms in total. The third-order valence-electron chi connectivity index (χ3n) is 2.63. The van der Waals surface area contributed by atoms with Gasteiger partial charge in [0.25, 0.3) is 0 Å². The Kier molecular flexibility index (Phi) is 4.87. The summed E-state index contributed by atoms with van der Waals surface area (Å²) in [7, 11) is 0. The maximum Gasteiger partial charge on any atom is 0.220 e. The van der Waals surface area contributed by atoms with Gasteiger partial charge in [-0.3, -0.25) is 9.59 Å². The molecule has 0 aliphatic heterocycles. The molecule has 0 fully saturated rings. The van der Waals surface area contributed by atoms with Gasteiger partial charge in [0.05, 0.1) is 11.4 Å². The van der Waals surface area contributed by atoms with Crippen LogP contribution in [0.4, 0.5) is 0 Å². The number of nitrogens with one attached hydrogen (secondary N) is 1. The zero-order valence-corrected chi connectivity index (χ0v) is 12.3. The Morgan fingerprint density at radius 2 is 2.05 bits per heavy atom. The monoisotopic (exact) mass is 293 g/mol. The zero-order chi connectivity index (χ0) is 13.7. The number of aryl methyl sites for hydroxylation is 1. The normalized spacial score (nSPS) is 10.4. The van der Waals surface area contributed by atoms with Crippen LogP contribution >= 0.6 is 22.7 Å². The highest BCUT2D eigenvalue weighted by Gasteiger charge is 2.10. The first-order valence-electron chi connectivity index (χ1n) is 6.04. The summed E-state index contributed by atoms with van der Waals surface area (Å²) in [4.78, 5) is 26.4. The quantitative estimate of drug-likeness (QED) is 0.830. The molecule has 0 aliphatic carbocycles. The van der Waals surface area contributed by atoms with Gasteiger partial charge in [-0.1, -0.05) is 6.07 Å². The fourth-order valence-corrected chi connectivity index (χ4v) is 3.10. The van der Waals surface area contributed by atoms with Gasteiger partial charge in [0.15, 0.2) is 5.78 Å². The van der Waals surface area contributed by atoms with Gasteiger partial charge < -0.3 is 5.32 Å². The predicted molar refractivity (Wildman–Crippen MR) is 78.8 cm³/mol. The second kappa shape index (κ2) is 6.63. The first-order chi connectivity index (χ1) is 9.15. The van der Waals surface area contributed by atoms with Gasteiger partial charge in [0, 0.05) is 22.6 Å². The molecule has 2 aromatic heterocycles. The molecule has 19 heavy (non-hydrogen) atoms. The largest absolute Gasteiger partial charge is 0.351 e. The molecule has 5 heteroatoms. The summed E-state index contributed by atoms with van der Waals surface area (Å²) < 4.78 is 0. The summed E-state index contributed by atoms with van der Waals surface area (Å²) in [5, 5.41) is 4.80. The minimum Gasteiger partial charge on any atom is -0.351 e. The van der Waals surface area contributed by atoms with E-state index >= 15 is 0 Å². The molecule has 0 unspecified atom stereocenters. The third kappa shape index (κ3) is 4.29. The summed E-state index contributed by atoms with van der Waals surface area (Å²) in [5.41, 5.74) is 0. The van der Waals surface area contributed by atoms with Crippen molar-refractivity contribution in [3.63, 3.8) is 0 Å². The molecule has 0 saturated carbocycles. The van der Waals surface area contributed by atoms with Crippen molar-refractivity contribution in [3.05, 3.63) is 44.3 Å². The summed E-state index contributed by atoms with van der Waals surface area (Å²) in [6.07, 6.45) is 0.525. The lowest BCUT2D eigenvalue weighted by Gasteiger charge is -2.02. The van der Waals surface area contributed by atoms with Crippen LogP contribution < -0.4 is 5.32 Å². The van der Waals surface area contributed by atoms with Crippen molar-refractivity contribution in [2.75, 3.05) is 0 Å². The molecule has 2 rings (SSSR count). The minimum absolute atomic E-state index is 0.0457. The summed E-state index contributed by atoms with van der Waals surface area (Å²) in [5.74, 6) is -0.0283. The fraction of sp³-hybridized carbons (Fsp3) is 0.286. The molecular weight excluding hydrogens is 278 g/mol. The first-order valence-corrected chi connectivity index (χ1v) is 7.73. The van der Waals surface area contributed by atoms with Crippen molar-refractivity contribution in [2.45, 2.75) is 26.3 Å². The molecule has 2 heterocycles. The van der Waals surface area contributed by atoms with E-state index in [1.807, 2.05) is 36.6 Å². The molecule has 0 bridgehead atoms. The minimum atomic E-state index is -0.0740. The lowest BCUT2D eigenvalue weighted by atomic mass is 10.2. The van der Waals surface area contributed by atoms with Gasteiger partial charge in [0.2, 0.25) is 5.91 Å². The Bertz CT molecular complexity index is 558. The van der Waals surface area contributed by atoms with Crippen molar-refractivity contribution in [1.29, 1.82) is 0 Å². The average Bonchev–Trinajstić information content (AvgIpc) is 3.04. The number of amides is 1. The van der Waals surface area contributed by atoms with Crippen LogP contribution in [0.15, 0.2) is 29.6 Å². The van der Waals surface area contributed by atoms with Gasteiger partial charge in [0.1, 0.15) is 0 Å². The number of hydrogen-bond acceptors (Lipinski definition) is 4. The maximum atomic E-state index is 11.8. The molecule has 1 N–H and O–H groups in total. The zero-order valence-electron chi connectivity index (χ0n) is 10.6. The first kappa shape index (κ1) is 14.0. The van der Waals surface area contributed by atoms with E-state index in [-0.39, 0.29) is 24.5 Å². The fourth-order valence-electron chi connectivity index (χ4n) is 1.62. The molecule has 1 amide bonds. The standard InChI is InChI=1S/C14H15NO2S2/c1-10-4-6-13(19-10)12(16)5-7-14(17)15-9-11-3-2-8-18-11/h2-4,6,8H,5,7,9H2,1H3,(H,15,17). The number of hydrogen-bond donors (Lipinski definition) is 1. The second-order valence-corrected chi connectivity index (χ2v) is 6.51. The molecule has 0 aromatic carbocycles. The number of carbonyl (C=O) groups excluding carboxylic acids is 2. The van der Waals surface area contributed by atoms with Crippen LogP contribution in [-0.2, 0) is 11.3 Å². The van der Waals surface area contributed by atoms with E-state index in [4.69, 9.17) is 0 Å². The number of rotatable bonds is 6. The molecule has 0 radical (unpaired) electrons. The lowest BCUT2D eigenvalue weighted by molar-refractivity contribution is -0.121. The van der Waals surface area contributed by atoms with Crippen LogP contribution in [0.5, 0.6) is 0 Å². The number of carbonyl (C=O) groups is 2. The lowest BCUT2D eigenvalue weighted by Crippen LogP contribution is -2.22. The number of Topliss-reactive ketones (excluding diaryl/α,β-unsaturated/α-hetero) is 1. The topological polar surface area (TPSA) is 46.2 Å². The van der Waals surface area contributed by atoms with Crippen molar-refractivity contribution in [2.24, 2.45) is 0 Å². The number of ketones is 1. The Hall–Kier alpha value is -1.46. The molecule has 0 saturated heterocycles. The van der Waals surface area contributed by atoms with Crippen LogP contribution in [-0.4, -0.2) is 11.7 Å². The molecule has 0 aliphatic rings. The van der Waals surface area contributed by atoms with Crippen LogP contribution in [0.2, 0.25) is 0 Å². The van der Waals surface area contributed by atoms with E-state index in [1.54, 1.807) is 11.3 Å².